The maximum absolute atomic E-state index is 12.1. The molecule has 4 nitrogen and oxygen atoms in total. The van der Waals surface area contributed by atoms with E-state index in [0.717, 1.165) is 10.9 Å². The molecule has 0 radical (unpaired) electrons. The quantitative estimate of drug-likeness (QED) is 0.753. The van der Waals surface area contributed by atoms with E-state index in [1.165, 1.54) is 0 Å². The second kappa shape index (κ2) is 4.22. The number of benzene rings is 1. The number of H-pyrrole nitrogens is 1. The molecule has 3 N–H and O–H groups in total. The molecule has 2 aromatic rings. The summed E-state index contributed by atoms with van der Waals surface area (Å²) >= 11 is 0. The van der Waals surface area contributed by atoms with Gasteiger partial charge in [0, 0.05) is 11.6 Å². The van der Waals surface area contributed by atoms with Gasteiger partial charge in [0.2, 0.25) is 0 Å². The predicted molar refractivity (Wildman–Crippen MR) is 66.9 cm³/mol. The van der Waals surface area contributed by atoms with Gasteiger partial charge in [-0.15, -0.1) is 0 Å². The van der Waals surface area contributed by atoms with Crippen molar-refractivity contribution in [2.45, 2.75) is 19.4 Å². The molecule has 0 aliphatic carbocycles. The highest BCUT2D eigenvalue weighted by Crippen LogP contribution is 2.17. The van der Waals surface area contributed by atoms with Crippen LogP contribution in [0.5, 0.6) is 0 Å². The Labute approximate surface area is 99.7 Å². The first kappa shape index (κ1) is 11.7. The topological polar surface area (TPSA) is 65.1 Å². The molecule has 0 bridgehead atoms. The summed E-state index contributed by atoms with van der Waals surface area (Å²) in [5, 5.41) is 12.9. The number of aliphatic hydroxyl groups is 1. The molecule has 0 unspecified atom stereocenters. The van der Waals surface area contributed by atoms with Crippen molar-refractivity contribution in [3.8, 4) is 0 Å². The minimum absolute atomic E-state index is 0.0978. The minimum Gasteiger partial charge on any atom is -0.394 e. The molecule has 1 heterocycles. The van der Waals surface area contributed by atoms with Gasteiger partial charge < -0.3 is 15.4 Å². The first-order valence-electron chi connectivity index (χ1n) is 5.53. The first-order chi connectivity index (χ1) is 8.03. The largest absolute Gasteiger partial charge is 0.394 e. The van der Waals surface area contributed by atoms with E-state index in [9.17, 15) is 4.79 Å². The summed E-state index contributed by atoms with van der Waals surface area (Å²) in [4.78, 5) is 15.1. The Kier molecular flexibility index (Phi) is 2.90. The molecule has 0 saturated heterocycles. The Morgan fingerprint density at radius 3 is 2.88 bits per heavy atom. The molecular weight excluding hydrogens is 216 g/mol. The highest BCUT2D eigenvalue weighted by atomic mass is 16.3. The summed E-state index contributed by atoms with van der Waals surface area (Å²) in [6.45, 7) is 3.46. The maximum atomic E-state index is 12.1. The SMILES string of the molecule is CC(C)(CO)NC(=O)c1cccc2cc[nH]c12. The molecule has 17 heavy (non-hydrogen) atoms. The van der Waals surface area contributed by atoms with Crippen LogP contribution in [0.1, 0.15) is 24.2 Å². The molecule has 1 aromatic carbocycles. The van der Waals surface area contributed by atoms with Gasteiger partial charge in [0.1, 0.15) is 0 Å². The predicted octanol–water partition coefficient (Wildman–Crippen LogP) is 1.67. The van der Waals surface area contributed by atoms with Gasteiger partial charge in [0.05, 0.1) is 23.2 Å². The first-order valence-corrected chi connectivity index (χ1v) is 5.53. The summed E-state index contributed by atoms with van der Waals surface area (Å²) < 4.78 is 0. The number of carbonyl (C=O) groups is 1. The Bertz CT molecular complexity index is 543. The highest BCUT2D eigenvalue weighted by molar-refractivity contribution is 6.05. The van der Waals surface area contributed by atoms with Crippen LogP contribution in [0.15, 0.2) is 30.5 Å². The zero-order chi connectivity index (χ0) is 12.5. The van der Waals surface area contributed by atoms with Crippen LogP contribution in [0.4, 0.5) is 0 Å². The lowest BCUT2D eigenvalue weighted by molar-refractivity contribution is 0.0871. The molecule has 1 amide bonds. The van der Waals surface area contributed by atoms with Gasteiger partial charge in [-0.25, -0.2) is 0 Å². The lowest BCUT2D eigenvalue weighted by Crippen LogP contribution is -2.46. The summed E-state index contributed by atoms with van der Waals surface area (Å²) in [7, 11) is 0. The van der Waals surface area contributed by atoms with Crippen molar-refractivity contribution in [3.05, 3.63) is 36.0 Å². The van der Waals surface area contributed by atoms with E-state index in [-0.39, 0.29) is 12.5 Å². The highest BCUT2D eigenvalue weighted by Gasteiger charge is 2.21. The third-order valence-corrected chi connectivity index (χ3v) is 2.68. The van der Waals surface area contributed by atoms with Crippen LogP contribution in [0, 0.1) is 0 Å². The molecule has 4 heteroatoms. The smallest absolute Gasteiger partial charge is 0.253 e. The van der Waals surface area contributed by atoms with Crippen molar-refractivity contribution < 1.29 is 9.90 Å². The van der Waals surface area contributed by atoms with Crippen molar-refractivity contribution in [2.24, 2.45) is 0 Å². The molecule has 2 rings (SSSR count). The third kappa shape index (κ3) is 2.31. The molecule has 1 aromatic heterocycles. The molecule has 0 fully saturated rings. The molecule has 0 atom stereocenters. The lowest BCUT2D eigenvalue weighted by atomic mass is 10.1. The van der Waals surface area contributed by atoms with Crippen LogP contribution in [-0.2, 0) is 0 Å². The third-order valence-electron chi connectivity index (χ3n) is 2.68. The van der Waals surface area contributed by atoms with E-state index >= 15 is 0 Å². The fraction of sp³-hybridized carbons (Fsp3) is 0.308. The second-order valence-electron chi connectivity index (χ2n) is 4.74. The number of para-hydroxylation sites is 1. The number of rotatable bonds is 3. The van der Waals surface area contributed by atoms with E-state index in [1.807, 2.05) is 18.2 Å². The zero-order valence-corrected chi connectivity index (χ0v) is 9.95. The normalized spacial score (nSPS) is 11.7. The number of aromatic nitrogens is 1. The second-order valence-corrected chi connectivity index (χ2v) is 4.74. The summed E-state index contributed by atoms with van der Waals surface area (Å²) in [5.74, 6) is -0.183. The fourth-order valence-corrected chi connectivity index (χ4v) is 1.69. The van der Waals surface area contributed by atoms with Gasteiger partial charge in [0.15, 0.2) is 0 Å². The molecule has 0 aliphatic heterocycles. The van der Waals surface area contributed by atoms with E-state index < -0.39 is 5.54 Å². The van der Waals surface area contributed by atoms with Crippen LogP contribution in [-0.4, -0.2) is 28.1 Å². The Morgan fingerprint density at radius 1 is 1.41 bits per heavy atom. The van der Waals surface area contributed by atoms with Crippen molar-refractivity contribution in [1.82, 2.24) is 10.3 Å². The van der Waals surface area contributed by atoms with Gasteiger partial charge in [-0.3, -0.25) is 4.79 Å². The standard InChI is InChI=1S/C13H16N2O2/c1-13(2,8-16)15-12(17)10-5-3-4-9-6-7-14-11(9)10/h3-7,14,16H,8H2,1-2H3,(H,15,17). The van der Waals surface area contributed by atoms with E-state index in [2.05, 4.69) is 10.3 Å². The van der Waals surface area contributed by atoms with Gasteiger partial charge in [-0.2, -0.15) is 0 Å². The minimum atomic E-state index is -0.619. The summed E-state index contributed by atoms with van der Waals surface area (Å²) in [6, 6.07) is 7.47. The van der Waals surface area contributed by atoms with E-state index in [0.29, 0.717) is 5.56 Å². The van der Waals surface area contributed by atoms with Crippen molar-refractivity contribution in [1.29, 1.82) is 0 Å². The Hall–Kier alpha value is -1.81. The average molecular weight is 232 g/mol. The van der Waals surface area contributed by atoms with Crippen molar-refractivity contribution in [2.75, 3.05) is 6.61 Å². The van der Waals surface area contributed by atoms with Crippen LogP contribution >= 0.6 is 0 Å². The number of aromatic amines is 1. The number of fused-ring (bicyclic) bond motifs is 1. The van der Waals surface area contributed by atoms with Crippen molar-refractivity contribution >= 4 is 16.8 Å². The summed E-state index contributed by atoms with van der Waals surface area (Å²) in [6.07, 6.45) is 1.80. The summed E-state index contributed by atoms with van der Waals surface area (Å²) in [5.41, 5.74) is 0.791. The van der Waals surface area contributed by atoms with Gasteiger partial charge in [-0.1, -0.05) is 12.1 Å². The van der Waals surface area contributed by atoms with Gasteiger partial charge >= 0.3 is 0 Å². The fourth-order valence-electron chi connectivity index (χ4n) is 1.69. The van der Waals surface area contributed by atoms with Crippen LogP contribution in [0.3, 0.4) is 0 Å². The van der Waals surface area contributed by atoms with Gasteiger partial charge in [-0.05, 0) is 26.0 Å². The Balaban J connectivity index is 2.34. The molecule has 90 valence electrons. The number of nitrogens with one attached hydrogen (secondary N) is 2. The average Bonchev–Trinajstić information content (AvgIpc) is 2.76. The Morgan fingerprint density at radius 2 is 2.18 bits per heavy atom. The molecule has 0 spiro atoms. The van der Waals surface area contributed by atoms with Crippen LogP contribution in [0.2, 0.25) is 0 Å². The number of carbonyl (C=O) groups excluding carboxylic acids is 1. The maximum Gasteiger partial charge on any atom is 0.253 e. The number of amides is 1. The van der Waals surface area contributed by atoms with Gasteiger partial charge in [0.25, 0.3) is 5.91 Å². The molecular formula is C13H16N2O2. The molecule has 0 aliphatic rings. The zero-order valence-electron chi connectivity index (χ0n) is 9.95. The van der Waals surface area contributed by atoms with Crippen LogP contribution in [0.25, 0.3) is 10.9 Å². The van der Waals surface area contributed by atoms with E-state index in [4.69, 9.17) is 5.11 Å². The molecule has 0 saturated carbocycles. The van der Waals surface area contributed by atoms with Crippen LogP contribution < -0.4 is 5.32 Å². The number of hydrogen-bond donors (Lipinski definition) is 3. The van der Waals surface area contributed by atoms with E-state index in [1.54, 1.807) is 26.1 Å². The monoisotopic (exact) mass is 232 g/mol. The number of aliphatic hydroxyl groups excluding tert-OH is 1. The number of hydrogen-bond acceptors (Lipinski definition) is 2. The lowest BCUT2D eigenvalue weighted by Gasteiger charge is -2.23. The van der Waals surface area contributed by atoms with Crippen molar-refractivity contribution in [3.63, 3.8) is 0 Å².